The first kappa shape index (κ1) is 12.6. The van der Waals surface area contributed by atoms with Gasteiger partial charge < -0.3 is 9.67 Å². The zero-order valence-electron chi connectivity index (χ0n) is 9.58. The Morgan fingerprint density at radius 3 is 2.67 bits per heavy atom. The van der Waals surface area contributed by atoms with Gasteiger partial charge in [0.2, 0.25) is 0 Å². The average Bonchev–Trinajstić information content (AvgIpc) is 2.77. The summed E-state index contributed by atoms with van der Waals surface area (Å²) in [6, 6.07) is 11.8. The second kappa shape index (κ2) is 5.69. The highest BCUT2D eigenvalue weighted by Gasteiger charge is 2.00. The first-order valence-corrected chi connectivity index (χ1v) is 6.25. The van der Waals surface area contributed by atoms with Gasteiger partial charge in [0.1, 0.15) is 0 Å². The van der Waals surface area contributed by atoms with Crippen LogP contribution in [0.15, 0.2) is 53.1 Å². The first-order valence-electron chi connectivity index (χ1n) is 5.46. The Kier molecular flexibility index (Phi) is 3.99. The molecule has 3 nitrogen and oxygen atoms in total. The van der Waals surface area contributed by atoms with Gasteiger partial charge in [-0.1, -0.05) is 28.1 Å². The third-order valence-corrected chi connectivity index (χ3v) is 3.06. The van der Waals surface area contributed by atoms with Crippen molar-refractivity contribution in [3.8, 4) is 0 Å². The van der Waals surface area contributed by atoms with Crippen LogP contribution in [0, 0.1) is 0 Å². The van der Waals surface area contributed by atoms with Crippen molar-refractivity contribution in [2.24, 2.45) is 0 Å². The average molecular weight is 306 g/mol. The molecular weight excluding hydrogens is 294 g/mol. The van der Waals surface area contributed by atoms with Crippen LogP contribution in [0.25, 0.3) is 6.08 Å². The van der Waals surface area contributed by atoms with Crippen LogP contribution < -0.4 is 0 Å². The predicted molar refractivity (Wildman–Crippen MR) is 74.3 cm³/mol. The molecule has 1 aromatic heterocycles. The number of hydrogen-bond acceptors (Lipinski definition) is 1. The number of aromatic nitrogens is 1. The molecule has 0 amide bonds. The Morgan fingerprint density at radius 2 is 2.00 bits per heavy atom. The number of rotatable bonds is 4. The van der Waals surface area contributed by atoms with E-state index in [9.17, 15) is 4.79 Å². The molecule has 1 aromatic carbocycles. The van der Waals surface area contributed by atoms with Crippen LogP contribution in [0.5, 0.6) is 0 Å². The lowest BCUT2D eigenvalue weighted by atomic mass is 10.2. The lowest BCUT2D eigenvalue weighted by Gasteiger charge is -2.06. The van der Waals surface area contributed by atoms with Crippen molar-refractivity contribution < 1.29 is 9.90 Å². The molecule has 0 radical (unpaired) electrons. The van der Waals surface area contributed by atoms with Gasteiger partial charge in [0.15, 0.2) is 0 Å². The van der Waals surface area contributed by atoms with Crippen molar-refractivity contribution in [1.29, 1.82) is 0 Å². The van der Waals surface area contributed by atoms with Gasteiger partial charge in [-0.15, -0.1) is 0 Å². The molecule has 1 heterocycles. The van der Waals surface area contributed by atoms with Crippen molar-refractivity contribution in [2.45, 2.75) is 6.54 Å². The number of hydrogen-bond donors (Lipinski definition) is 1. The topological polar surface area (TPSA) is 42.2 Å². The van der Waals surface area contributed by atoms with Crippen molar-refractivity contribution >= 4 is 28.0 Å². The largest absolute Gasteiger partial charge is 0.478 e. The summed E-state index contributed by atoms with van der Waals surface area (Å²) in [7, 11) is 0. The lowest BCUT2D eigenvalue weighted by molar-refractivity contribution is -0.131. The number of halogens is 1. The molecule has 18 heavy (non-hydrogen) atoms. The standard InChI is InChI=1S/C14H12BrNO2/c15-12-5-3-11(4-6-12)10-16-9-1-2-13(16)7-8-14(17)18/h1-9H,10H2,(H,17,18)/b8-7+. The smallest absolute Gasteiger partial charge is 0.328 e. The highest BCUT2D eigenvalue weighted by atomic mass is 79.9. The van der Waals surface area contributed by atoms with Crippen molar-refractivity contribution in [1.82, 2.24) is 4.57 Å². The molecule has 0 spiro atoms. The Bertz CT molecular complexity index is 570. The first-order chi connectivity index (χ1) is 8.65. The number of carboxylic acids is 1. The normalized spacial score (nSPS) is 10.9. The second-order valence-corrected chi connectivity index (χ2v) is 4.77. The quantitative estimate of drug-likeness (QED) is 0.880. The van der Waals surface area contributed by atoms with E-state index >= 15 is 0 Å². The van der Waals surface area contributed by atoms with Gasteiger partial charge in [-0.05, 0) is 35.9 Å². The molecule has 0 saturated heterocycles. The minimum absolute atomic E-state index is 0.722. The zero-order chi connectivity index (χ0) is 13.0. The minimum Gasteiger partial charge on any atom is -0.478 e. The second-order valence-electron chi connectivity index (χ2n) is 3.86. The molecule has 0 aliphatic rings. The number of carbonyl (C=O) groups is 1. The van der Waals surface area contributed by atoms with Gasteiger partial charge >= 0.3 is 5.97 Å². The van der Waals surface area contributed by atoms with E-state index in [0.717, 1.165) is 22.8 Å². The molecule has 92 valence electrons. The van der Waals surface area contributed by atoms with E-state index in [2.05, 4.69) is 15.9 Å². The van der Waals surface area contributed by atoms with E-state index < -0.39 is 5.97 Å². The molecule has 0 aliphatic carbocycles. The number of nitrogens with zero attached hydrogens (tertiary/aromatic N) is 1. The molecule has 0 fully saturated rings. The van der Waals surface area contributed by atoms with Gasteiger partial charge in [0.05, 0.1) is 0 Å². The molecule has 0 saturated carbocycles. The molecule has 0 atom stereocenters. The number of aliphatic carboxylic acids is 1. The van der Waals surface area contributed by atoms with Crippen LogP contribution in [-0.4, -0.2) is 15.6 Å². The Balaban J connectivity index is 2.17. The highest BCUT2D eigenvalue weighted by Crippen LogP contribution is 2.13. The molecule has 1 N–H and O–H groups in total. The van der Waals surface area contributed by atoms with Crippen molar-refractivity contribution in [3.05, 3.63) is 64.4 Å². The van der Waals surface area contributed by atoms with Crippen molar-refractivity contribution in [3.63, 3.8) is 0 Å². The fourth-order valence-corrected chi connectivity index (χ4v) is 1.93. The van der Waals surface area contributed by atoms with Crippen molar-refractivity contribution in [2.75, 3.05) is 0 Å². The monoisotopic (exact) mass is 305 g/mol. The molecule has 2 aromatic rings. The maximum absolute atomic E-state index is 10.5. The van der Waals surface area contributed by atoms with E-state index in [1.165, 1.54) is 5.56 Å². The molecule has 4 heteroatoms. The van der Waals surface area contributed by atoms with Gasteiger partial charge in [0.25, 0.3) is 0 Å². The summed E-state index contributed by atoms with van der Waals surface area (Å²) in [5.41, 5.74) is 2.04. The fourth-order valence-electron chi connectivity index (χ4n) is 1.67. The van der Waals surface area contributed by atoms with Gasteiger partial charge in [-0.3, -0.25) is 0 Å². The third-order valence-electron chi connectivity index (χ3n) is 2.53. The fraction of sp³-hybridized carbons (Fsp3) is 0.0714. The Labute approximate surface area is 114 Å². The summed E-state index contributed by atoms with van der Waals surface area (Å²) in [5.74, 6) is -0.939. The van der Waals surface area contributed by atoms with Gasteiger partial charge in [-0.25, -0.2) is 4.79 Å². The predicted octanol–water partition coefficient (Wildman–Crippen LogP) is 3.40. The summed E-state index contributed by atoms with van der Waals surface area (Å²) in [6.45, 7) is 0.722. The Hall–Kier alpha value is -1.81. The maximum Gasteiger partial charge on any atom is 0.328 e. The summed E-state index contributed by atoms with van der Waals surface area (Å²) in [5, 5.41) is 8.62. The summed E-state index contributed by atoms with van der Waals surface area (Å²) in [4.78, 5) is 10.5. The third kappa shape index (κ3) is 3.34. The van der Waals surface area contributed by atoms with Crippen LogP contribution in [0.3, 0.4) is 0 Å². The van der Waals surface area contributed by atoms with Gasteiger partial charge in [0, 0.05) is 29.0 Å². The maximum atomic E-state index is 10.5. The molecular formula is C14H12BrNO2. The Morgan fingerprint density at radius 1 is 1.28 bits per heavy atom. The van der Waals surface area contributed by atoms with Crippen LogP contribution in [0.2, 0.25) is 0 Å². The van der Waals surface area contributed by atoms with Crippen LogP contribution in [0.4, 0.5) is 0 Å². The van der Waals surface area contributed by atoms with Crippen LogP contribution in [-0.2, 0) is 11.3 Å². The molecule has 0 unspecified atom stereocenters. The molecule has 2 rings (SSSR count). The highest BCUT2D eigenvalue weighted by molar-refractivity contribution is 9.10. The summed E-state index contributed by atoms with van der Waals surface area (Å²) in [6.07, 6.45) is 4.68. The van der Waals surface area contributed by atoms with Crippen LogP contribution >= 0.6 is 15.9 Å². The van der Waals surface area contributed by atoms with E-state index in [4.69, 9.17) is 5.11 Å². The zero-order valence-corrected chi connectivity index (χ0v) is 11.2. The molecule has 0 bridgehead atoms. The van der Waals surface area contributed by atoms with Crippen LogP contribution in [0.1, 0.15) is 11.3 Å². The number of carboxylic acid groups (broad SMARTS) is 1. The van der Waals surface area contributed by atoms with E-state index in [1.807, 2.05) is 47.2 Å². The lowest BCUT2D eigenvalue weighted by Crippen LogP contribution is -2.00. The van der Waals surface area contributed by atoms with E-state index in [1.54, 1.807) is 6.08 Å². The SMILES string of the molecule is O=C(O)/C=C/c1cccn1Cc1ccc(Br)cc1. The van der Waals surface area contributed by atoms with E-state index in [-0.39, 0.29) is 0 Å². The molecule has 0 aliphatic heterocycles. The number of benzene rings is 1. The minimum atomic E-state index is -0.939. The summed E-state index contributed by atoms with van der Waals surface area (Å²) >= 11 is 3.40. The summed E-state index contributed by atoms with van der Waals surface area (Å²) < 4.78 is 3.05. The van der Waals surface area contributed by atoms with E-state index in [0.29, 0.717) is 0 Å². The van der Waals surface area contributed by atoms with Gasteiger partial charge in [-0.2, -0.15) is 0 Å².